The maximum Gasteiger partial charge on any atom is 0.184 e. The normalized spacial score (nSPS) is 26.7. The average Bonchev–Trinajstić information content (AvgIpc) is 2.67. The molecule has 2 rings (SSSR count). The SMILES string of the molecule is ClC[C@H]1CO[C@@H](c2ccc(Cl)cc2)O1. The van der Waals surface area contributed by atoms with Crippen molar-refractivity contribution in [2.24, 2.45) is 0 Å². The molecule has 1 fully saturated rings. The lowest BCUT2D eigenvalue weighted by molar-refractivity contribution is -0.0567. The van der Waals surface area contributed by atoms with Crippen molar-refractivity contribution >= 4 is 23.2 Å². The van der Waals surface area contributed by atoms with Gasteiger partial charge in [-0.25, -0.2) is 0 Å². The van der Waals surface area contributed by atoms with E-state index < -0.39 is 0 Å². The molecule has 0 unspecified atom stereocenters. The fourth-order valence-electron chi connectivity index (χ4n) is 1.32. The molecule has 14 heavy (non-hydrogen) atoms. The van der Waals surface area contributed by atoms with E-state index in [-0.39, 0.29) is 12.4 Å². The molecule has 1 aromatic rings. The monoisotopic (exact) mass is 232 g/mol. The highest BCUT2D eigenvalue weighted by atomic mass is 35.5. The van der Waals surface area contributed by atoms with Crippen molar-refractivity contribution in [1.29, 1.82) is 0 Å². The lowest BCUT2D eigenvalue weighted by Crippen LogP contribution is -2.10. The molecule has 0 amide bonds. The summed E-state index contributed by atoms with van der Waals surface area (Å²) in [6, 6.07) is 7.42. The summed E-state index contributed by atoms with van der Waals surface area (Å²) in [5.41, 5.74) is 0.974. The third kappa shape index (κ3) is 2.20. The molecule has 0 aliphatic carbocycles. The lowest BCUT2D eigenvalue weighted by Gasteiger charge is -2.10. The lowest BCUT2D eigenvalue weighted by atomic mass is 10.2. The van der Waals surface area contributed by atoms with Crippen molar-refractivity contribution in [3.05, 3.63) is 34.9 Å². The minimum Gasteiger partial charge on any atom is -0.346 e. The molecule has 0 bridgehead atoms. The van der Waals surface area contributed by atoms with E-state index in [4.69, 9.17) is 32.7 Å². The Labute approximate surface area is 92.7 Å². The summed E-state index contributed by atoms with van der Waals surface area (Å²) in [7, 11) is 0. The Hall–Kier alpha value is -0.280. The second-order valence-electron chi connectivity index (χ2n) is 3.13. The first-order valence-electron chi connectivity index (χ1n) is 4.38. The van der Waals surface area contributed by atoms with Gasteiger partial charge < -0.3 is 9.47 Å². The molecular formula is C10H10Cl2O2. The minimum absolute atomic E-state index is 0.00246. The number of hydrogen-bond donors (Lipinski definition) is 0. The molecule has 76 valence electrons. The van der Waals surface area contributed by atoms with Crippen LogP contribution < -0.4 is 0 Å². The van der Waals surface area contributed by atoms with Crippen molar-refractivity contribution < 1.29 is 9.47 Å². The van der Waals surface area contributed by atoms with Crippen LogP contribution in [0.25, 0.3) is 0 Å². The molecule has 2 nitrogen and oxygen atoms in total. The molecular weight excluding hydrogens is 223 g/mol. The average molecular weight is 233 g/mol. The Morgan fingerprint density at radius 2 is 2.00 bits per heavy atom. The Morgan fingerprint density at radius 1 is 1.29 bits per heavy atom. The van der Waals surface area contributed by atoms with Crippen LogP contribution in [0.5, 0.6) is 0 Å². The second kappa shape index (κ2) is 4.49. The summed E-state index contributed by atoms with van der Waals surface area (Å²) in [6.45, 7) is 0.552. The van der Waals surface area contributed by atoms with Gasteiger partial charge >= 0.3 is 0 Å². The van der Waals surface area contributed by atoms with Crippen molar-refractivity contribution in [1.82, 2.24) is 0 Å². The maximum atomic E-state index is 5.77. The van der Waals surface area contributed by atoms with E-state index in [1.807, 2.05) is 24.3 Å². The van der Waals surface area contributed by atoms with Gasteiger partial charge in [-0.2, -0.15) is 0 Å². The van der Waals surface area contributed by atoms with Gasteiger partial charge in [-0.1, -0.05) is 23.7 Å². The topological polar surface area (TPSA) is 18.5 Å². The van der Waals surface area contributed by atoms with E-state index in [0.717, 1.165) is 5.56 Å². The van der Waals surface area contributed by atoms with E-state index in [9.17, 15) is 0 Å². The number of hydrogen-bond acceptors (Lipinski definition) is 2. The van der Waals surface area contributed by atoms with Gasteiger partial charge in [-0.05, 0) is 12.1 Å². The third-order valence-electron chi connectivity index (χ3n) is 2.06. The largest absolute Gasteiger partial charge is 0.346 e. The summed E-state index contributed by atoms with van der Waals surface area (Å²) < 4.78 is 11.0. The molecule has 2 atom stereocenters. The zero-order valence-electron chi connectivity index (χ0n) is 7.45. The van der Waals surface area contributed by atoms with Crippen molar-refractivity contribution in [2.75, 3.05) is 12.5 Å². The first-order chi connectivity index (χ1) is 6.79. The maximum absolute atomic E-state index is 5.77. The van der Waals surface area contributed by atoms with Crippen LogP contribution in [0.3, 0.4) is 0 Å². The summed E-state index contributed by atoms with van der Waals surface area (Å²) in [5.74, 6) is 0.462. The van der Waals surface area contributed by atoms with Crippen LogP contribution in [0.2, 0.25) is 5.02 Å². The van der Waals surface area contributed by atoms with E-state index in [2.05, 4.69) is 0 Å². The fourth-order valence-corrected chi connectivity index (χ4v) is 1.61. The van der Waals surface area contributed by atoms with Crippen LogP contribution in [0.4, 0.5) is 0 Å². The van der Waals surface area contributed by atoms with Crippen LogP contribution in [0.1, 0.15) is 11.9 Å². The molecule has 0 N–H and O–H groups in total. The van der Waals surface area contributed by atoms with Crippen LogP contribution in [-0.2, 0) is 9.47 Å². The molecule has 1 aromatic carbocycles. The number of rotatable bonds is 2. The van der Waals surface area contributed by atoms with E-state index >= 15 is 0 Å². The van der Waals surface area contributed by atoms with Crippen LogP contribution in [0, 0.1) is 0 Å². The fraction of sp³-hybridized carbons (Fsp3) is 0.400. The molecule has 0 radical (unpaired) electrons. The Morgan fingerprint density at radius 3 is 2.57 bits per heavy atom. The standard InChI is InChI=1S/C10H10Cl2O2/c11-5-9-6-13-10(14-9)7-1-3-8(12)4-2-7/h1-4,9-10H,5-6H2/t9-,10+/m0/s1. The molecule has 4 heteroatoms. The molecule has 0 aromatic heterocycles. The first kappa shape index (κ1) is 10.2. The van der Waals surface area contributed by atoms with Crippen molar-refractivity contribution in [2.45, 2.75) is 12.4 Å². The van der Waals surface area contributed by atoms with Crippen molar-refractivity contribution in [3.8, 4) is 0 Å². The highest BCUT2D eigenvalue weighted by Crippen LogP contribution is 2.27. The van der Waals surface area contributed by atoms with Gasteiger partial charge in [-0.3, -0.25) is 0 Å². The quantitative estimate of drug-likeness (QED) is 0.731. The van der Waals surface area contributed by atoms with Gasteiger partial charge in [0.15, 0.2) is 6.29 Å². The van der Waals surface area contributed by atoms with E-state index in [1.165, 1.54) is 0 Å². The molecule has 0 saturated carbocycles. The summed E-state index contributed by atoms with van der Waals surface area (Å²) in [4.78, 5) is 0. The van der Waals surface area contributed by atoms with Gasteiger partial charge in [-0.15, -0.1) is 11.6 Å². The molecule has 0 spiro atoms. The van der Waals surface area contributed by atoms with Crippen LogP contribution >= 0.6 is 23.2 Å². The highest BCUT2D eigenvalue weighted by Gasteiger charge is 2.26. The number of halogens is 2. The number of ether oxygens (including phenoxy) is 2. The summed E-state index contributed by atoms with van der Waals surface area (Å²) in [6.07, 6.45) is -0.298. The zero-order valence-corrected chi connectivity index (χ0v) is 8.96. The van der Waals surface area contributed by atoms with Gasteiger partial charge in [0.1, 0.15) is 0 Å². The smallest absolute Gasteiger partial charge is 0.184 e. The third-order valence-corrected chi connectivity index (χ3v) is 2.66. The van der Waals surface area contributed by atoms with E-state index in [1.54, 1.807) is 0 Å². The molecule has 1 aliphatic heterocycles. The second-order valence-corrected chi connectivity index (χ2v) is 3.87. The summed E-state index contributed by atoms with van der Waals surface area (Å²) >= 11 is 11.4. The van der Waals surface area contributed by atoms with Gasteiger partial charge in [0.05, 0.1) is 18.6 Å². The van der Waals surface area contributed by atoms with Gasteiger partial charge in [0.2, 0.25) is 0 Å². The van der Waals surface area contributed by atoms with E-state index in [0.29, 0.717) is 17.5 Å². The van der Waals surface area contributed by atoms with Crippen LogP contribution in [-0.4, -0.2) is 18.6 Å². The predicted molar refractivity (Wildman–Crippen MR) is 55.7 cm³/mol. The van der Waals surface area contributed by atoms with Crippen molar-refractivity contribution in [3.63, 3.8) is 0 Å². The Kier molecular flexibility index (Phi) is 3.29. The zero-order chi connectivity index (χ0) is 9.97. The Bertz CT molecular complexity index is 299. The molecule has 1 saturated heterocycles. The van der Waals surface area contributed by atoms with Gasteiger partial charge in [0, 0.05) is 10.6 Å². The highest BCUT2D eigenvalue weighted by molar-refractivity contribution is 6.30. The molecule has 1 heterocycles. The number of benzene rings is 1. The number of alkyl halides is 1. The van der Waals surface area contributed by atoms with Crippen LogP contribution in [0.15, 0.2) is 24.3 Å². The predicted octanol–water partition coefficient (Wildman–Crippen LogP) is 2.99. The first-order valence-corrected chi connectivity index (χ1v) is 5.29. The molecule has 1 aliphatic rings. The van der Waals surface area contributed by atoms with Gasteiger partial charge in [0.25, 0.3) is 0 Å². The Balaban J connectivity index is 2.06. The minimum atomic E-state index is -0.295. The summed E-state index contributed by atoms with van der Waals surface area (Å²) in [5, 5.41) is 0.709.